The average Bonchev–Trinajstić information content (AvgIpc) is 2.63. The lowest BCUT2D eigenvalue weighted by Crippen LogP contribution is -1.93. The maximum atomic E-state index is 9.00. The number of aliphatic hydroxyl groups is 1. The largest absolute Gasteiger partial charge is 0.396 e. The molecular formula is C12H12BrNO2. The molecule has 1 aromatic heterocycles. The fourth-order valence-corrected chi connectivity index (χ4v) is 1.89. The summed E-state index contributed by atoms with van der Waals surface area (Å²) in [4.78, 5) is 0. The van der Waals surface area contributed by atoms with E-state index in [9.17, 15) is 0 Å². The zero-order valence-corrected chi connectivity index (χ0v) is 10.5. The lowest BCUT2D eigenvalue weighted by molar-refractivity contribution is 0.299. The molecule has 84 valence electrons. The summed E-state index contributed by atoms with van der Waals surface area (Å²) in [6.45, 7) is 1.99. The number of aliphatic hydroxyl groups excluding tert-OH is 1. The summed E-state index contributed by atoms with van der Waals surface area (Å²) < 4.78 is 6.32. The SMILES string of the molecule is Cc1noc(-c2ccc(Br)cc2)c1CCO. The first kappa shape index (κ1) is 11.4. The molecule has 1 N–H and O–H groups in total. The van der Waals surface area contributed by atoms with Crippen molar-refractivity contribution in [1.82, 2.24) is 5.16 Å². The Kier molecular flexibility index (Phi) is 3.41. The molecule has 0 atom stereocenters. The lowest BCUT2D eigenvalue weighted by atomic mass is 10.1. The van der Waals surface area contributed by atoms with Gasteiger partial charge in [-0.2, -0.15) is 0 Å². The Bertz CT molecular complexity index is 476. The topological polar surface area (TPSA) is 46.3 Å². The molecule has 2 rings (SSSR count). The van der Waals surface area contributed by atoms with Crippen molar-refractivity contribution in [3.8, 4) is 11.3 Å². The van der Waals surface area contributed by atoms with E-state index in [1.54, 1.807) is 0 Å². The monoisotopic (exact) mass is 281 g/mol. The highest BCUT2D eigenvalue weighted by atomic mass is 79.9. The smallest absolute Gasteiger partial charge is 0.170 e. The minimum atomic E-state index is 0.103. The van der Waals surface area contributed by atoms with E-state index in [1.807, 2.05) is 31.2 Å². The van der Waals surface area contributed by atoms with Gasteiger partial charge in [0.2, 0.25) is 0 Å². The molecule has 1 heterocycles. The number of aromatic nitrogens is 1. The summed E-state index contributed by atoms with van der Waals surface area (Å²) in [7, 11) is 0. The van der Waals surface area contributed by atoms with Crippen LogP contribution in [0.15, 0.2) is 33.3 Å². The molecule has 0 radical (unpaired) electrons. The van der Waals surface area contributed by atoms with Gasteiger partial charge in [-0.25, -0.2) is 0 Å². The second-order valence-corrected chi connectivity index (χ2v) is 4.47. The molecule has 0 saturated carbocycles. The molecule has 4 heteroatoms. The van der Waals surface area contributed by atoms with Crippen LogP contribution in [0.25, 0.3) is 11.3 Å². The number of rotatable bonds is 3. The third-order valence-corrected chi connectivity index (χ3v) is 2.98. The van der Waals surface area contributed by atoms with E-state index in [1.165, 1.54) is 0 Å². The van der Waals surface area contributed by atoms with Crippen LogP contribution in [0.5, 0.6) is 0 Å². The molecule has 0 fully saturated rings. The fraction of sp³-hybridized carbons (Fsp3) is 0.250. The van der Waals surface area contributed by atoms with E-state index in [4.69, 9.17) is 9.63 Å². The first-order chi connectivity index (χ1) is 7.72. The number of hydrogen-bond acceptors (Lipinski definition) is 3. The van der Waals surface area contributed by atoms with Gasteiger partial charge in [0.1, 0.15) is 0 Å². The van der Waals surface area contributed by atoms with Gasteiger partial charge in [-0.1, -0.05) is 33.2 Å². The Morgan fingerprint density at radius 1 is 1.31 bits per heavy atom. The predicted octanol–water partition coefficient (Wildman–Crippen LogP) is 2.95. The summed E-state index contributed by atoms with van der Waals surface area (Å²) in [5.41, 5.74) is 2.80. The van der Waals surface area contributed by atoms with Gasteiger partial charge in [0.25, 0.3) is 0 Å². The molecule has 1 aromatic carbocycles. The van der Waals surface area contributed by atoms with Gasteiger partial charge in [-0.05, 0) is 19.1 Å². The van der Waals surface area contributed by atoms with Crippen LogP contribution in [0, 0.1) is 6.92 Å². The molecule has 0 unspecified atom stereocenters. The van der Waals surface area contributed by atoms with Crippen molar-refractivity contribution in [1.29, 1.82) is 0 Å². The summed E-state index contributed by atoms with van der Waals surface area (Å²) in [6, 6.07) is 7.83. The Morgan fingerprint density at radius 3 is 2.62 bits per heavy atom. The van der Waals surface area contributed by atoms with Crippen molar-refractivity contribution >= 4 is 15.9 Å². The number of benzene rings is 1. The molecule has 0 aliphatic rings. The Balaban J connectivity index is 2.43. The Hall–Kier alpha value is -1.13. The van der Waals surface area contributed by atoms with Crippen LogP contribution >= 0.6 is 15.9 Å². The molecule has 16 heavy (non-hydrogen) atoms. The van der Waals surface area contributed by atoms with E-state index < -0.39 is 0 Å². The van der Waals surface area contributed by atoms with Gasteiger partial charge >= 0.3 is 0 Å². The molecule has 0 bridgehead atoms. The van der Waals surface area contributed by atoms with Crippen LogP contribution in [0.1, 0.15) is 11.3 Å². The maximum Gasteiger partial charge on any atom is 0.170 e. The molecule has 2 aromatic rings. The minimum absolute atomic E-state index is 0.103. The van der Waals surface area contributed by atoms with Crippen LogP contribution < -0.4 is 0 Å². The van der Waals surface area contributed by atoms with Crippen molar-refractivity contribution in [2.24, 2.45) is 0 Å². The van der Waals surface area contributed by atoms with E-state index in [0.29, 0.717) is 6.42 Å². The quantitative estimate of drug-likeness (QED) is 0.941. The average molecular weight is 282 g/mol. The summed E-state index contributed by atoms with van der Waals surface area (Å²) in [5, 5.41) is 12.9. The third kappa shape index (κ3) is 2.18. The zero-order chi connectivity index (χ0) is 11.5. The Morgan fingerprint density at radius 2 is 2.00 bits per heavy atom. The molecule has 0 spiro atoms. The molecule has 3 nitrogen and oxygen atoms in total. The molecule has 0 saturated heterocycles. The third-order valence-electron chi connectivity index (χ3n) is 2.45. The number of nitrogens with zero attached hydrogens (tertiary/aromatic N) is 1. The Labute approximate surface area is 102 Å². The van der Waals surface area contributed by atoms with Crippen molar-refractivity contribution in [2.45, 2.75) is 13.3 Å². The standard InChI is InChI=1S/C12H12BrNO2/c1-8-11(6-7-15)12(16-14-8)9-2-4-10(13)5-3-9/h2-5,15H,6-7H2,1H3. The molecular weight excluding hydrogens is 270 g/mol. The second kappa shape index (κ2) is 4.80. The summed E-state index contributed by atoms with van der Waals surface area (Å²) in [6.07, 6.45) is 0.570. The van der Waals surface area contributed by atoms with Gasteiger partial charge in [0.15, 0.2) is 5.76 Å². The summed E-state index contributed by atoms with van der Waals surface area (Å²) in [5.74, 6) is 0.749. The van der Waals surface area contributed by atoms with E-state index >= 15 is 0 Å². The maximum absolute atomic E-state index is 9.00. The number of hydrogen-bond donors (Lipinski definition) is 1. The van der Waals surface area contributed by atoms with E-state index in [0.717, 1.165) is 27.1 Å². The van der Waals surface area contributed by atoms with Gasteiger partial charge < -0.3 is 9.63 Å². The van der Waals surface area contributed by atoms with Crippen LogP contribution in [-0.2, 0) is 6.42 Å². The van der Waals surface area contributed by atoms with Gasteiger partial charge in [-0.3, -0.25) is 0 Å². The van der Waals surface area contributed by atoms with Gasteiger partial charge in [0, 0.05) is 28.6 Å². The fourth-order valence-electron chi connectivity index (χ4n) is 1.62. The van der Waals surface area contributed by atoms with Crippen molar-refractivity contribution in [3.63, 3.8) is 0 Å². The van der Waals surface area contributed by atoms with Crippen LogP contribution in [-0.4, -0.2) is 16.9 Å². The van der Waals surface area contributed by atoms with Crippen LogP contribution in [0.2, 0.25) is 0 Å². The van der Waals surface area contributed by atoms with Crippen molar-refractivity contribution in [3.05, 3.63) is 40.0 Å². The summed E-state index contributed by atoms with van der Waals surface area (Å²) >= 11 is 3.39. The number of halogens is 1. The van der Waals surface area contributed by atoms with E-state index in [2.05, 4.69) is 21.1 Å². The first-order valence-electron chi connectivity index (χ1n) is 5.04. The van der Waals surface area contributed by atoms with Crippen LogP contribution in [0.4, 0.5) is 0 Å². The van der Waals surface area contributed by atoms with Crippen molar-refractivity contribution in [2.75, 3.05) is 6.61 Å². The van der Waals surface area contributed by atoms with Gasteiger partial charge in [-0.15, -0.1) is 0 Å². The first-order valence-corrected chi connectivity index (χ1v) is 5.83. The molecule has 0 aliphatic heterocycles. The molecule has 0 amide bonds. The predicted molar refractivity (Wildman–Crippen MR) is 65.2 cm³/mol. The van der Waals surface area contributed by atoms with Crippen molar-refractivity contribution < 1.29 is 9.63 Å². The highest BCUT2D eigenvalue weighted by molar-refractivity contribution is 9.10. The highest BCUT2D eigenvalue weighted by Crippen LogP contribution is 2.27. The normalized spacial score (nSPS) is 10.7. The minimum Gasteiger partial charge on any atom is -0.396 e. The van der Waals surface area contributed by atoms with Crippen LogP contribution in [0.3, 0.4) is 0 Å². The zero-order valence-electron chi connectivity index (χ0n) is 8.90. The number of aryl methyl sites for hydroxylation is 1. The molecule has 0 aliphatic carbocycles. The van der Waals surface area contributed by atoms with Gasteiger partial charge in [0.05, 0.1) is 5.69 Å². The second-order valence-electron chi connectivity index (χ2n) is 3.56. The highest BCUT2D eigenvalue weighted by Gasteiger charge is 2.13. The van der Waals surface area contributed by atoms with E-state index in [-0.39, 0.29) is 6.61 Å². The lowest BCUT2D eigenvalue weighted by Gasteiger charge is -2.00.